The number of benzene rings is 1. The van der Waals surface area contributed by atoms with E-state index in [1.807, 2.05) is 6.92 Å². The first-order valence-electron chi connectivity index (χ1n) is 5.54. The van der Waals surface area contributed by atoms with E-state index in [0.29, 0.717) is 17.8 Å². The number of thiocarbonyl (C=S) groups is 1. The molecular weight excluding hydrogens is 253 g/mol. The molecule has 1 aromatic rings. The molecule has 0 aliphatic carbocycles. The average molecular weight is 269 g/mol. The molecular formula is C12H16FN3OS. The highest BCUT2D eigenvalue weighted by atomic mass is 32.1. The van der Waals surface area contributed by atoms with Crippen molar-refractivity contribution in [3.05, 3.63) is 29.6 Å². The molecule has 0 bridgehead atoms. The number of rotatable bonds is 5. The Bertz CT molecular complexity index is 465. The van der Waals surface area contributed by atoms with Gasteiger partial charge >= 0.3 is 0 Å². The zero-order valence-electron chi connectivity index (χ0n) is 10.4. The van der Waals surface area contributed by atoms with Crippen LogP contribution in [0.4, 0.5) is 10.1 Å². The molecule has 0 aromatic heterocycles. The van der Waals surface area contributed by atoms with Crippen molar-refractivity contribution in [2.45, 2.75) is 6.92 Å². The normalized spacial score (nSPS) is 9.94. The molecule has 1 aromatic carbocycles. The molecule has 0 unspecified atom stereocenters. The number of halogens is 1. The van der Waals surface area contributed by atoms with Crippen LogP contribution in [0.1, 0.15) is 12.5 Å². The zero-order chi connectivity index (χ0) is 13.7. The number of nitrogens with zero attached hydrogens (tertiary/aromatic N) is 1. The molecule has 0 radical (unpaired) electrons. The Morgan fingerprint density at radius 2 is 2.22 bits per heavy atom. The molecule has 3 N–H and O–H groups in total. The minimum atomic E-state index is -0.439. The number of carbonyl (C=O) groups is 1. The van der Waals surface area contributed by atoms with Crippen molar-refractivity contribution < 1.29 is 9.18 Å². The van der Waals surface area contributed by atoms with Gasteiger partial charge in [0.1, 0.15) is 10.8 Å². The fourth-order valence-electron chi connectivity index (χ4n) is 1.54. The molecule has 0 aliphatic rings. The highest BCUT2D eigenvalue weighted by molar-refractivity contribution is 7.80. The molecule has 0 saturated carbocycles. The monoisotopic (exact) mass is 269 g/mol. The molecule has 0 atom stereocenters. The van der Waals surface area contributed by atoms with Crippen molar-refractivity contribution >= 4 is 28.8 Å². The largest absolute Gasteiger partial charge is 0.389 e. The summed E-state index contributed by atoms with van der Waals surface area (Å²) in [6, 6.07) is 4.51. The van der Waals surface area contributed by atoms with Crippen LogP contribution in [0.25, 0.3) is 0 Å². The lowest BCUT2D eigenvalue weighted by atomic mass is 10.2. The number of amides is 1. The van der Waals surface area contributed by atoms with Gasteiger partial charge in [-0.05, 0) is 25.1 Å². The van der Waals surface area contributed by atoms with Crippen LogP contribution in [0, 0.1) is 5.82 Å². The van der Waals surface area contributed by atoms with Crippen LogP contribution >= 0.6 is 12.2 Å². The standard InChI is InChI=1S/C12H16FN3OS/c1-3-16(7-11(17)15-2)10-5-4-8(12(14)18)6-9(10)13/h4-6H,3,7H2,1-2H3,(H2,14,18)(H,15,17). The van der Waals surface area contributed by atoms with E-state index < -0.39 is 5.82 Å². The van der Waals surface area contributed by atoms with Gasteiger partial charge in [0.05, 0.1) is 12.2 Å². The molecule has 18 heavy (non-hydrogen) atoms. The lowest BCUT2D eigenvalue weighted by Crippen LogP contribution is -2.36. The van der Waals surface area contributed by atoms with Crippen molar-refractivity contribution in [2.24, 2.45) is 5.73 Å². The Balaban J connectivity index is 3.00. The molecule has 98 valence electrons. The van der Waals surface area contributed by atoms with E-state index in [2.05, 4.69) is 5.32 Å². The first kappa shape index (κ1) is 14.4. The highest BCUT2D eigenvalue weighted by Gasteiger charge is 2.13. The second-order valence-corrected chi connectivity index (χ2v) is 4.16. The number of nitrogens with two attached hydrogens (primary N) is 1. The van der Waals surface area contributed by atoms with Gasteiger partial charge in [-0.15, -0.1) is 0 Å². The van der Waals surface area contributed by atoms with Crippen LogP contribution in [0.15, 0.2) is 18.2 Å². The number of anilines is 1. The van der Waals surface area contributed by atoms with E-state index in [1.54, 1.807) is 24.1 Å². The van der Waals surface area contributed by atoms with E-state index in [1.165, 1.54) is 6.07 Å². The molecule has 1 amide bonds. The van der Waals surface area contributed by atoms with Crippen LogP contribution in [0.3, 0.4) is 0 Å². The minimum Gasteiger partial charge on any atom is -0.389 e. The van der Waals surface area contributed by atoms with Gasteiger partial charge in [0.25, 0.3) is 0 Å². The summed E-state index contributed by atoms with van der Waals surface area (Å²) in [7, 11) is 1.54. The number of hydrogen-bond donors (Lipinski definition) is 2. The molecule has 0 saturated heterocycles. The van der Waals surface area contributed by atoms with Gasteiger partial charge in [-0.25, -0.2) is 4.39 Å². The molecule has 0 aliphatic heterocycles. The fourth-order valence-corrected chi connectivity index (χ4v) is 1.66. The quantitative estimate of drug-likeness (QED) is 0.784. The van der Waals surface area contributed by atoms with E-state index in [9.17, 15) is 9.18 Å². The second-order valence-electron chi connectivity index (χ2n) is 3.72. The van der Waals surface area contributed by atoms with Gasteiger partial charge in [0, 0.05) is 19.2 Å². The highest BCUT2D eigenvalue weighted by Crippen LogP contribution is 2.20. The van der Waals surface area contributed by atoms with Gasteiger partial charge in [-0.2, -0.15) is 0 Å². The molecule has 0 fully saturated rings. The third-order valence-corrected chi connectivity index (χ3v) is 2.80. The molecule has 6 heteroatoms. The first-order valence-corrected chi connectivity index (χ1v) is 5.95. The maximum absolute atomic E-state index is 13.9. The van der Waals surface area contributed by atoms with Crippen molar-refractivity contribution in [3.63, 3.8) is 0 Å². The summed E-state index contributed by atoms with van der Waals surface area (Å²) in [5.41, 5.74) is 6.27. The Morgan fingerprint density at radius 1 is 1.56 bits per heavy atom. The van der Waals surface area contributed by atoms with Crippen LogP contribution in [0.2, 0.25) is 0 Å². The Hall–Kier alpha value is -1.69. The number of carbonyl (C=O) groups excluding carboxylic acids is 1. The van der Waals surface area contributed by atoms with Crippen LogP contribution < -0.4 is 16.0 Å². The summed E-state index contributed by atoms with van der Waals surface area (Å²) < 4.78 is 13.9. The summed E-state index contributed by atoms with van der Waals surface area (Å²) in [6.07, 6.45) is 0. The lowest BCUT2D eigenvalue weighted by Gasteiger charge is -2.22. The molecule has 0 spiro atoms. The number of nitrogens with one attached hydrogen (secondary N) is 1. The van der Waals surface area contributed by atoms with Gasteiger partial charge in [0.2, 0.25) is 5.91 Å². The fraction of sp³-hybridized carbons (Fsp3) is 0.333. The SMILES string of the molecule is CCN(CC(=O)NC)c1ccc(C(N)=S)cc1F. The Morgan fingerprint density at radius 3 is 2.67 bits per heavy atom. The van der Waals surface area contributed by atoms with Crippen LogP contribution in [0.5, 0.6) is 0 Å². The Labute approximate surface area is 111 Å². The zero-order valence-corrected chi connectivity index (χ0v) is 11.2. The third kappa shape index (κ3) is 3.40. The van der Waals surface area contributed by atoms with Crippen molar-refractivity contribution in [1.29, 1.82) is 0 Å². The first-order chi connectivity index (χ1) is 8.49. The van der Waals surface area contributed by atoms with E-state index in [4.69, 9.17) is 18.0 Å². The van der Waals surface area contributed by atoms with Crippen molar-refractivity contribution in [2.75, 3.05) is 25.0 Å². The molecule has 1 rings (SSSR count). The summed E-state index contributed by atoms with van der Waals surface area (Å²) in [6.45, 7) is 2.48. The summed E-state index contributed by atoms with van der Waals surface area (Å²) in [5, 5.41) is 2.50. The van der Waals surface area contributed by atoms with Gasteiger partial charge < -0.3 is 16.0 Å². The molecule has 4 nitrogen and oxygen atoms in total. The minimum absolute atomic E-state index is 0.107. The third-order valence-electron chi connectivity index (χ3n) is 2.57. The lowest BCUT2D eigenvalue weighted by molar-refractivity contribution is -0.119. The smallest absolute Gasteiger partial charge is 0.239 e. The topological polar surface area (TPSA) is 58.4 Å². The predicted molar refractivity (Wildman–Crippen MR) is 74.2 cm³/mol. The average Bonchev–Trinajstić information content (AvgIpc) is 2.35. The van der Waals surface area contributed by atoms with Crippen molar-refractivity contribution in [1.82, 2.24) is 5.32 Å². The van der Waals surface area contributed by atoms with Gasteiger partial charge in [-0.1, -0.05) is 12.2 Å². The second kappa shape index (κ2) is 6.30. The maximum Gasteiger partial charge on any atom is 0.239 e. The summed E-state index contributed by atoms with van der Waals surface area (Å²) in [4.78, 5) is 13.1. The number of hydrogen-bond acceptors (Lipinski definition) is 3. The van der Waals surface area contributed by atoms with Gasteiger partial charge in [0.15, 0.2) is 0 Å². The Kier molecular flexibility index (Phi) is 5.03. The van der Waals surface area contributed by atoms with Crippen LogP contribution in [-0.2, 0) is 4.79 Å². The maximum atomic E-state index is 13.9. The van der Waals surface area contributed by atoms with Crippen molar-refractivity contribution in [3.8, 4) is 0 Å². The van der Waals surface area contributed by atoms with E-state index >= 15 is 0 Å². The summed E-state index contributed by atoms with van der Waals surface area (Å²) >= 11 is 4.78. The predicted octanol–water partition coefficient (Wildman–Crippen LogP) is 1.03. The van der Waals surface area contributed by atoms with Gasteiger partial charge in [-0.3, -0.25) is 4.79 Å². The number of likely N-dealkylation sites (N-methyl/N-ethyl adjacent to an activating group) is 2. The molecule has 0 heterocycles. The van der Waals surface area contributed by atoms with E-state index in [0.717, 1.165) is 0 Å². The summed E-state index contributed by atoms with van der Waals surface area (Å²) in [5.74, 6) is -0.610. The van der Waals surface area contributed by atoms with Crippen LogP contribution in [-0.4, -0.2) is 31.0 Å². The van der Waals surface area contributed by atoms with E-state index in [-0.39, 0.29) is 17.4 Å².